The predicted octanol–water partition coefficient (Wildman–Crippen LogP) is 0.641. The number of aliphatic hydroxyl groups excluding tert-OH is 1. The number of nitrogens with zero attached hydrogens (tertiary/aromatic N) is 1. The number of carbonyl (C=O) groups is 1. The molecule has 1 fully saturated rings. The van der Waals surface area contributed by atoms with E-state index in [9.17, 15) is 9.90 Å². The average Bonchev–Trinajstić information content (AvgIpc) is 2.18. The molecular formula is C11H21NO3. The minimum atomic E-state index is -0.543. The smallest absolute Gasteiger partial charge is 0.312 e. The molecule has 1 aliphatic heterocycles. The first-order valence-electron chi connectivity index (χ1n) is 5.65. The van der Waals surface area contributed by atoms with Crippen LogP contribution in [0, 0.1) is 5.92 Å². The van der Waals surface area contributed by atoms with Crippen LogP contribution in [0.5, 0.6) is 0 Å². The van der Waals surface area contributed by atoms with E-state index in [0.717, 1.165) is 6.54 Å². The molecule has 15 heavy (non-hydrogen) atoms. The second-order valence-electron chi connectivity index (χ2n) is 4.30. The number of esters is 1. The van der Waals surface area contributed by atoms with Crippen LogP contribution in [-0.4, -0.2) is 47.8 Å². The number of likely N-dealkylation sites (tertiary alicyclic amines) is 1. The minimum absolute atomic E-state index is 0.268. The predicted molar refractivity (Wildman–Crippen MR) is 57.5 cm³/mol. The number of aliphatic hydroxyl groups is 1. The Balaban J connectivity index is 2.57. The highest BCUT2D eigenvalue weighted by Crippen LogP contribution is 2.20. The summed E-state index contributed by atoms with van der Waals surface area (Å²) >= 11 is 0. The molecule has 1 aliphatic rings. The number of piperidine rings is 1. The van der Waals surface area contributed by atoms with Crippen LogP contribution in [0.15, 0.2) is 0 Å². The molecule has 0 bridgehead atoms. The van der Waals surface area contributed by atoms with Gasteiger partial charge in [0, 0.05) is 19.1 Å². The average molecular weight is 215 g/mol. The maximum atomic E-state index is 11.6. The van der Waals surface area contributed by atoms with Crippen molar-refractivity contribution in [3.63, 3.8) is 0 Å². The summed E-state index contributed by atoms with van der Waals surface area (Å²) in [4.78, 5) is 13.8. The fraction of sp³-hybridized carbons (Fsp3) is 0.909. The van der Waals surface area contributed by atoms with Crippen molar-refractivity contribution in [3.05, 3.63) is 0 Å². The monoisotopic (exact) mass is 215 g/mol. The van der Waals surface area contributed by atoms with Gasteiger partial charge in [-0.2, -0.15) is 0 Å². The summed E-state index contributed by atoms with van der Waals surface area (Å²) < 4.78 is 4.95. The van der Waals surface area contributed by atoms with Gasteiger partial charge in [0.05, 0.1) is 18.6 Å². The Morgan fingerprint density at radius 3 is 2.80 bits per heavy atom. The molecule has 0 radical (unpaired) electrons. The third-order valence-corrected chi connectivity index (χ3v) is 2.93. The summed E-state index contributed by atoms with van der Waals surface area (Å²) in [6.07, 6.45) is 0.112. The Morgan fingerprint density at radius 1 is 1.60 bits per heavy atom. The van der Waals surface area contributed by atoms with Crippen LogP contribution in [0.1, 0.15) is 27.2 Å². The van der Waals surface area contributed by atoms with Gasteiger partial charge < -0.3 is 9.84 Å². The minimum Gasteiger partial charge on any atom is -0.466 e. The van der Waals surface area contributed by atoms with E-state index >= 15 is 0 Å². The second-order valence-corrected chi connectivity index (χ2v) is 4.30. The zero-order valence-corrected chi connectivity index (χ0v) is 9.77. The molecule has 4 heteroatoms. The normalized spacial score (nSPS) is 28.1. The zero-order valence-electron chi connectivity index (χ0n) is 9.77. The lowest BCUT2D eigenvalue weighted by Gasteiger charge is -2.37. The van der Waals surface area contributed by atoms with Gasteiger partial charge in [0.25, 0.3) is 0 Å². The van der Waals surface area contributed by atoms with E-state index in [1.165, 1.54) is 0 Å². The lowest BCUT2D eigenvalue weighted by molar-refractivity contribution is -0.155. The molecule has 0 aromatic rings. The van der Waals surface area contributed by atoms with E-state index in [1.807, 2.05) is 0 Å². The van der Waals surface area contributed by atoms with Gasteiger partial charge in [-0.25, -0.2) is 0 Å². The first kappa shape index (κ1) is 12.5. The van der Waals surface area contributed by atoms with Gasteiger partial charge in [0.15, 0.2) is 0 Å². The molecule has 2 unspecified atom stereocenters. The molecule has 0 aromatic carbocycles. The second kappa shape index (κ2) is 5.47. The van der Waals surface area contributed by atoms with Gasteiger partial charge in [-0.1, -0.05) is 0 Å². The quantitative estimate of drug-likeness (QED) is 0.702. The highest BCUT2D eigenvalue weighted by molar-refractivity contribution is 5.73. The Bertz CT molecular complexity index is 218. The zero-order chi connectivity index (χ0) is 11.4. The van der Waals surface area contributed by atoms with Crippen molar-refractivity contribution >= 4 is 5.97 Å². The van der Waals surface area contributed by atoms with Crippen molar-refractivity contribution in [3.8, 4) is 0 Å². The fourth-order valence-corrected chi connectivity index (χ4v) is 1.91. The van der Waals surface area contributed by atoms with E-state index in [-0.39, 0.29) is 11.9 Å². The summed E-state index contributed by atoms with van der Waals surface area (Å²) in [5.41, 5.74) is 0. The Labute approximate surface area is 91.2 Å². The molecule has 2 atom stereocenters. The number of ether oxygens (including phenoxy) is 1. The summed E-state index contributed by atoms with van der Waals surface area (Å²) in [5, 5.41) is 9.74. The van der Waals surface area contributed by atoms with Gasteiger partial charge in [-0.15, -0.1) is 0 Å². The first-order chi connectivity index (χ1) is 7.06. The largest absolute Gasteiger partial charge is 0.466 e. The molecule has 0 spiro atoms. The summed E-state index contributed by atoms with van der Waals surface area (Å²) in [6.45, 7) is 7.82. The number of rotatable bonds is 3. The number of hydrogen-bond donors (Lipinski definition) is 1. The van der Waals surface area contributed by atoms with Crippen molar-refractivity contribution < 1.29 is 14.6 Å². The molecule has 1 heterocycles. The Morgan fingerprint density at radius 2 is 2.27 bits per heavy atom. The van der Waals surface area contributed by atoms with Gasteiger partial charge in [-0.3, -0.25) is 9.69 Å². The Hall–Kier alpha value is -0.610. The van der Waals surface area contributed by atoms with Crippen molar-refractivity contribution in [2.45, 2.75) is 39.3 Å². The van der Waals surface area contributed by atoms with Crippen molar-refractivity contribution in [1.29, 1.82) is 0 Å². The molecule has 0 aliphatic carbocycles. The SMILES string of the molecule is CCOC(=O)C1CN(C(C)C)CCC1O. The molecule has 0 aromatic heterocycles. The molecule has 1 N–H and O–H groups in total. The molecule has 1 saturated heterocycles. The lowest BCUT2D eigenvalue weighted by Crippen LogP contribution is -2.49. The molecule has 0 amide bonds. The fourth-order valence-electron chi connectivity index (χ4n) is 1.91. The van der Waals surface area contributed by atoms with E-state index in [0.29, 0.717) is 25.6 Å². The molecule has 0 saturated carbocycles. The van der Waals surface area contributed by atoms with Crippen LogP contribution < -0.4 is 0 Å². The van der Waals surface area contributed by atoms with Crippen LogP contribution in [0.4, 0.5) is 0 Å². The first-order valence-corrected chi connectivity index (χ1v) is 5.65. The standard InChI is InChI=1S/C11H21NO3/c1-4-15-11(14)9-7-12(8(2)3)6-5-10(9)13/h8-10,13H,4-7H2,1-3H3. The number of carbonyl (C=O) groups excluding carboxylic acids is 1. The Kier molecular flexibility index (Phi) is 4.54. The lowest BCUT2D eigenvalue weighted by atomic mass is 9.94. The number of hydrogen-bond acceptors (Lipinski definition) is 4. The maximum Gasteiger partial charge on any atom is 0.312 e. The van der Waals surface area contributed by atoms with Gasteiger partial charge in [-0.05, 0) is 27.2 Å². The van der Waals surface area contributed by atoms with E-state index < -0.39 is 6.10 Å². The summed E-state index contributed by atoms with van der Waals surface area (Å²) in [7, 11) is 0. The third-order valence-electron chi connectivity index (χ3n) is 2.93. The van der Waals surface area contributed by atoms with Gasteiger partial charge in [0.2, 0.25) is 0 Å². The van der Waals surface area contributed by atoms with E-state index in [4.69, 9.17) is 4.74 Å². The van der Waals surface area contributed by atoms with Crippen LogP contribution in [-0.2, 0) is 9.53 Å². The van der Waals surface area contributed by atoms with Crippen LogP contribution >= 0.6 is 0 Å². The molecular weight excluding hydrogens is 194 g/mol. The topological polar surface area (TPSA) is 49.8 Å². The highest BCUT2D eigenvalue weighted by atomic mass is 16.5. The van der Waals surface area contributed by atoms with Crippen LogP contribution in [0.25, 0.3) is 0 Å². The van der Waals surface area contributed by atoms with Gasteiger partial charge >= 0.3 is 5.97 Å². The van der Waals surface area contributed by atoms with Crippen molar-refractivity contribution in [2.75, 3.05) is 19.7 Å². The van der Waals surface area contributed by atoms with Crippen LogP contribution in [0.3, 0.4) is 0 Å². The van der Waals surface area contributed by atoms with Gasteiger partial charge in [0.1, 0.15) is 0 Å². The van der Waals surface area contributed by atoms with Crippen molar-refractivity contribution in [1.82, 2.24) is 4.90 Å². The third kappa shape index (κ3) is 3.18. The van der Waals surface area contributed by atoms with E-state index in [2.05, 4.69) is 18.7 Å². The molecule has 4 nitrogen and oxygen atoms in total. The molecule has 1 rings (SSSR count). The highest BCUT2D eigenvalue weighted by Gasteiger charge is 2.34. The maximum absolute atomic E-state index is 11.6. The van der Waals surface area contributed by atoms with E-state index in [1.54, 1.807) is 6.92 Å². The van der Waals surface area contributed by atoms with Crippen LogP contribution in [0.2, 0.25) is 0 Å². The summed E-state index contributed by atoms with van der Waals surface area (Å²) in [5.74, 6) is -0.642. The molecule has 88 valence electrons. The summed E-state index contributed by atoms with van der Waals surface area (Å²) in [6, 6.07) is 0.412. The van der Waals surface area contributed by atoms with Crippen molar-refractivity contribution in [2.24, 2.45) is 5.92 Å².